The number of hydrogen-bond donors (Lipinski definition) is 2. The van der Waals surface area contributed by atoms with E-state index in [0.717, 1.165) is 29.8 Å². The van der Waals surface area contributed by atoms with Gasteiger partial charge in [-0.15, -0.1) is 0 Å². The number of para-hydroxylation sites is 1. The molecular formula is C23H27ClN4O. The van der Waals surface area contributed by atoms with Gasteiger partial charge in [-0.2, -0.15) is 5.10 Å². The molecule has 0 atom stereocenters. The van der Waals surface area contributed by atoms with Crippen molar-refractivity contribution >= 4 is 40.8 Å². The lowest BCUT2D eigenvalue weighted by Gasteiger charge is -2.43. The van der Waals surface area contributed by atoms with E-state index >= 15 is 0 Å². The van der Waals surface area contributed by atoms with Crippen molar-refractivity contribution in [3.63, 3.8) is 0 Å². The van der Waals surface area contributed by atoms with Crippen LogP contribution >= 0.6 is 11.6 Å². The number of amides is 2. The minimum atomic E-state index is -0.409. The number of halogens is 1. The summed E-state index contributed by atoms with van der Waals surface area (Å²) < 4.78 is 0. The fourth-order valence-electron chi connectivity index (χ4n) is 3.69. The maximum absolute atomic E-state index is 12.0. The first kappa shape index (κ1) is 20.9. The van der Waals surface area contributed by atoms with Crippen molar-refractivity contribution in [1.82, 2.24) is 5.43 Å². The Kier molecular flexibility index (Phi) is 6.28. The number of allylic oxidation sites excluding steroid dienone is 1. The van der Waals surface area contributed by atoms with Crippen molar-refractivity contribution < 1.29 is 4.79 Å². The molecule has 5 nitrogen and oxygen atoms in total. The third kappa shape index (κ3) is 4.80. The Morgan fingerprint density at radius 2 is 1.97 bits per heavy atom. The van der Waals surface area contributed by atoms with Crippen molar-refractivity contribution in [3.05, 3.63) is 64.7 Å². The van der Waals surface area contributed by atoms with Gasteiger partial charge in [0.15, 0.2) is 0 Å². The van der Waals surface area contributed by atoms with Crippen molar-refractivity contribution in [1.29, 1.82) is 0 Å². The summed E-state index contributed by atoms with van der Waals surface area (Å²) in [4.78, 5) is 14.4. The van der Waals surface area contributed by atoms with Crippen LogP contribution in [0.15, 0.2) is 53.6 Å². The molecule has 1 heterocycles. The molecule has 3 rings (SSSR count). The number of hydrogen-bond acceptors (Lipinski definition) is 3. The summed E-state index contributed by atoms with van der Waals surface area (Å²) in [6.07, 6.45) is 4.91. The number of carbonyl (C=O) groups is 1. The fourth-order valence-corrected chi connectivity index (χ4v) is 3.89. The Labute approximate surface area is 177 Å². The molecule has 0 unspecified atom stereocenters. The lowest BCUT2D eigenvalue weighted by Crippen LogP contribution is -2.45. The highest BCUT2D eigenvalue weighted by Gasteiger charge is 2.31. The molecule has 29 heavy (non-hydrogen) atoms. The molecule has 1 aliphatic heterocycles. The van der Waals surface area contributed by atoms with Crippen molar-refractivity contribution in [2.45, 2.75) is 39.7 Å². The van der Waals surface area contributed by atoms with Gasteiger partial charge in [-0.25, -0.2) is 10.2 Å². The summed E-state index contributed by atoms with van der Waals surface area (Å²) in [5.74, 6) is 0. The van der Waals surface area contributed by atoms with Crippen molar-refractivity contribution in [3.8, 4) is 0 Å². The van der Waals surface area contributed by atoms with Crippen LogP contribution in [0, 0.1) is 0 Å². The first-order valence-corrected chi connectivity index (χ1v) is 10.2. The van der Waals surface area contributed by atoms with E-state index in [-0.39, 0.29) is 5.54 Å². The first-order valence-electron chi connectivity index (χ1n) is 9.78. The highest BCUT2D eigenvalue weighted by molar-refractivity contribution is 6.33. The molecule has 0 saturated carbocycles. The zero-order chi connectivity index (χ0) is 21.0. The number of fused-ring (bicyclic) bond motifs is 1. The van der Waals surface area contributed by atoms with Crippen LogP contribution in [0.5, 0.6) is 0 Å². The molecule has 2 amide bonds. The van der Waals surface area contributed by atoms with Gasteiger partial charge < -0.3 is 10.2 Å². The SMILES string of the molecule is CCCN1c2cc(Cl)c(/C=N/NC(=O)Nc3ccccc3)cc2C(C)=CC1(C)C. The van der Waals surface area contributed by atoms with E-state index < -0.39 is 6.03 Å². The van der Waals surface area contributed by atoms with E-state index in [2.05, 4.69) is 54.5 Å². The summed E-state index contributed by atoms with van der Waals surface area (Å²) in [6.45, 7) is 9.68. The van der Waals surface area contributed by atoms with Gasteiger partial charge in [0, 0.05) is 29.0 Å². The minimum Gasteiger partial charge on any atom is -0.362 e. The summed E-state index contributed by atoms with van der Waals surface area (Å²) in [6, 6.07) is 12.8. The maximum Gasteiger partial charge on any atom is 0.339 e. The van der Waals surface area contributed by atoms with Gasteiger partial charge in [0.25, 0.3) is 0 Å². The van der Waals surface area contributed by atoms with Crippen LogP contribution in [-0.4, -0.2) is 24.3 Å². The Bertz CT molecular complexity index is 951. The molecule has 152 valence electrons. The second-order valence-electron chi connectivity index (χ2n) is 7.71. The van der Waals surface area contributed by atoms with Crippen molar-refractivity contribution in [2.24, 2.45) is 5.10 Å². The van der Waals surface area contributed by atoms with Crippen LogP contribution in [0.1, 0.15) is 45.2 Å². The number of anilines is 2. The van der Waals surface area contributed by atoms with Gasteiger partial charge in [0.05, 0.1) is 16.8 Å². The monoisotopic (exact) mass is 410 g/mol. The largest absolute Gasteiger partial charge is 0.362 e. The number of nitrogens with zero attached hydrogens (tertiary/aromatic N) is 2. The average Bonchev–Trinajstić information content (AvgIpc) is 2.66. The summed E-state index contributed by atoms with van der Waals surface area (Å²) in [7, 11) is 0. The van der Waals surface area contributed by atoms with Crippen molar-refractivity contribution in [2.75, 3.05) is 16.8 Å². The van der Waals surface area contributed by atoms with E-state index in [9.17, 15) is 4.79 Å². The third-order valence-electron chi connectivity index (χ3n) is 4.94. The number of nitrogens with one attached hydrogen (secondary N) is 2. The predicted octanol–water partition coefficient (Wildman–Crippen LogP) is 5.91. The van der Waals surface area contributed by atoms with E-state index in [1.54, 1.807) is 6.21 Å². The van der Waals surface area contributed by atoms with Gasteiger partial charge in [-0.3, -0.25) is 0 Å². The quantitative estimate of drug-likeness (QED) is 0.475. The fraction of sp³-hybridized carbons (Fsp3) is 0.304. The zero-order valence-electron chi connectivity index (χ0n) is 17.3. The lowest BCUT2D eigenvalue weighted by atomic mass is 9.88. The zero-order valence-corrected chi connectivity index (χ0v) is 18.0. The highest BCUT2D eigenvalue weighted by Crippen LogP contribution is 2.41. The molecule has 0 radical (unpaired) electrons. The van der Waals surface area contributed by atoms with Gasteiger partial charge in [-0.1, -0.05) is 42.8 Å². The van der Waals surface area contributed by atoms with Crippen LogP contribution < -0.4 is 15.6 Å². The third-order valence-corrected chi connectivity index (χ3v) is 5.27. The van der Waals surface area contributed by atoms with Gasteiger partial charge in [0.1, 0.15) is 0 Å². The van der Waals surface area contributed by atoms with Crippen LogP contribution in [0.2, 0.25) is 5.02 Å². The second-order valence-corrected chi connectivity index (χ2v) is 8.12. The number of hydrazone groups is 1. The second kappa shape index (κ2) is 8.70. The summed E-state index contributed by atoms with van der Waals surface area (Å²) in [5.41, 5.74) is 7.35. The summed E-state index contributed by atoms with van der Waals surface area (Å²) in [5, 5.41) is 7.37. The lowest BCUT2D eigenvalue weighted by molar-refractivity contribution is 0.252. The number of carbonyl (C=O) groups excluding carboxylic acids is 1. The maximum atomic E-state index is 12.0. The van der Waals surface area contributed by atoms with Crippen LogP contribution in [-0.2, 0) is 0 Å². The molecule has 0 aliphatic carbocycles. The van der Waals surface area contributed by atoms with E-state index in [1.807, 2.05) is 42.5 Å². The topological polar surface area (TPSA) is 56.7 Å². The minimum absolute atomic E-state index is 0.0664. The normalized spacial score (nSPS) is 15.1. The number of benzene rings is 2. The predicted molar refractivity (Wildman–Crippen MR) is 123 cm³/mol. The first-order chi connectivity index (χ1) is 13.8. The van der Waals surface area contributed by atoms with E-state index in [4.69, 9.17) is 11.6 Å². The molecule has 0 saturated heterocycles. The van der Waals surface area contributed by atoms with Gasteiger partial charge in [-0.05, 0) is 57.0 Å². The Morgan fingerprint density at radius 3 is 2.66 bits per heavy atom. The number of rotatable bonds is 5. The van der Waals surface area contributed by atoms with E-state index in [0.29, 0.717) is 10.7 Å². The Morgan fingerprint density at radius 1 is 1.24 bits per heavy atom. The molecule has 2 aromatic rings. The molecular weight excluding hydrogens is 384 g/mol. The molecule has 0 spiro atoms. The van der Waals surface area contributed by atoms with Crippen LogP contribution in [0.4, 0.5) is 16.2 Å². The molecule has 0 aromatic heterocycles. The van der Waals surface area contributed by atoms with Gasteiger partial charge >= 0.3 is 6.03 Å². The number of urea groups is 1. The van der Waals surface area contributed by atoms with Crippen LogP contribution in [0.3, 0.4) is 0 Å². The molecule has 2 aromatic carbocycles. The average molecular weight is 411 g/mol. The molecule has 2 N–H and O–H groups in total. The standard InChI is InChI=1S/C23H27ClN4O/c1-5-11-28-21-13-20(24)17(12-19(21)16(2)14-23(28,3)4)15-25-27-22(29)26-18-9-7-6-8-10-18/h6-10,12-15H,5,11H2,1-4H3,(H2,26,27,29)/b25-15+. The molecule has 1 aliphatic rings. The molecule has 0 fully saturated rings. The molecule has 6 heteroatoms. The smallest absolute Gasteiger partial charge is 0.339 e. The Balaban J connectivity index is 1.79. The molecule has 0 bridgehead atoms. The highest BCUT2D eigenvalue weighted by atomic mass is 35.5. The van der Waals surface area contributed by atoms with Crippen LogP contribution in [0.25, 0.3) is 5.57 Å². The van der Waals surface area contributed by atoms with Gasteiger partial charge in [0.2, 0.25) is 0 Å². The van der Waals surface area contributed by atoms with E-state index in [1.165, 1.54) is 5.57 Å². The summed E-state index contributed by atoms with van der Waals surface area (Å²) >= 11 is 6.55. The Hall–Kier alpha value is -2.79.